The summed E-state index contributed by atoms with van der Waals surface area (Å²) in [5.74, 6) is 0.895. The fourth-order valence-electron chi connectivity index (χ4n) is 2.46. The summed E-state index contributed by atoms with van der Waals surface area (Å²) in [5, 5.41) is 12.7. The second-order valence-electron chi connectivity index (χ2n) is 4.59. The number of fused-ring (bicyclic) bond motifs is 1. The molecule has 3 heterocycles. The van der Waals surface area contributed by atoms with Crippen LogP contribution in [-0.2, 0) is 13.0 Å². The van der Waals surface area contributed by atoms with Gasteiger partial charge < -0.3 is 10.4 Å². The van der Waals surface area contributed by atoms with Crippen LogP contribution < -0.4 is 5.32 Å². The van der Waals surface area contributed by atoms with Gasteiger partial charge in [-0.3, -0.25) is 0 Å². The first-order chi connectivity index (χ1) is 8.75. The minimum atomic E-state index is -0.943. The van der Waals surface area contributed by atoms with Gasteiger partial charge in [0.1, 0.15) is 5.82 Å². The zero-order chi connectivity index (χ0) is 12.5. The summed E-state index contributed by atoms with van der Waals surface area (Å²) in [6.07, 6.45) is 3.02. The molecule has 2 aliphatic heterocycles. The highest BCUT2D eigenvalue weighted by atomic mass is 32.2. The summed E-state index contributed by atoms with van der Waals surface area (Å²) < 4.78 is 0. The molecule has 5 nitrogen and oxygen atoms in total. The van der Waals surface area contributed by atoms with Crippen LogP contribution in [0.3, 0.4) is 0 Å². The average molecular weight is 265 g/mol. The van der Waals surface area contributed by atoms with Gasteiger partial charge >= 0.3 is 5.97 Å². The summed E-state index contributed by atoms with van der Waals surface area (Å²) in [7, 11) is 0. The fourth-order valence-corrected chi connectivity index (χ4v) is 3.67. The number of aromatic carboxylic acids is 1. The molecular formula is C12H15N3O2S. The van der Waals surface area contributed by atoms with Crippen molar-refractivity contribution in [2.75, 3.05) is 12.3 Å². The van der Waals surface area contributed by atoms with Crippen molar-refractivity contribution in [3.8, 4) is 0 Å². The molecule has 0 amide bonds. The van der Waals surface area contributed by atoms with Crippen LogP contribution in [0.5, 0.6) is 0 Å². The number of carboxylic acid groups (broad SMARTS) is 1. The van der Waals surface area contributed by atoms with E-state index in [1.54, 1.807) is 0 Å². The minimum absolute atomic E-state index is 0.190. The number of nitrogens with zero attached hydrogens (tertiary/aromatic N) is 2. The molecule has 2 aliphatic rings. The van der Waals surface area contributed by atoms with Crippen molar-refractivity contribution in [3.63, 3.8) is 0 Å². The summed E-state index contributed by atoms with van der Waals surface area (Å²) >= 11 is 1.83. The number of thioether (sulfide) groups is 1. The van der Waals surface area contributed by atoms with Crippen LogP contribution in [0.2, 0.25) is 0 Å². The van der Waals surface area contributed by atoms with Gasteiger partial charge in [0.25, 0.3) is 0 Å². The van der Waals surface area contributed by atoms with Crippen molar-refractivity contribution in [2.24, 2.45) is 0 Å². The topological polar surface area (TPSA) is 75.1 Å². The fraction of sp³-hybridized carbons (Fsp3) is 0.583. The van der Waals surface area contributed by atoms with Crippen molar-refractivity contribution < 1.29 is 9.90 Å². The molecule has 1 aromatic rings. The van der Waals surface area contributed by atoms with Gasteiger partial charge in [0, 0.05) is 25.1 Å². The molecule has 1 atom stereocenters. The number of nitrogens with one attached hydrogen (secondary N) is 1. The summed E-state index contributed by atoms with van der Waals surface area (Å²) in [4.78, 5) is 20.2. The SMILES string of the molecule is O=C(O)c1nc(C2CCCS2)nc2c1CNCC2. The van der Waals surface area contributed by atoms with Gasteiger partial charge in [-0.2, -0.15) is 11.8 Å². The van der Waals surface area contributed by atoms with E-state index >= 15 is 0 Å². The van der Waals surface area contributed by atoms with Crippen molar-refractivity contribution in [2.45, 2.75) is 31.1 Å². The van der Waals surface area contributed by atoms with Gasteiger partial charge in [-0.05, 0) is 18.6 Å². The van der Waals surface area contributed by atoms with E-state index in [4.69, 9.17) is 0 Å². The van der Waals surface area contributed by atoms with E-state index in [1.807, 2.05) is 11.8 Å². The zero-order valence-corrected chi connectivity index (χ0v) is 10.8. The lowest BCUT2D eigenvalue weighted by atomic mass is 10.0. The van der Waals surface area contributed by atoms with Gasteiger partial charge in [-0.25, -0.2) is 14.8 Å². The molecule has 0 saturated carbocycles. The van der Waals surface area contributed by atoms with E-state index in [2.05, 4.69) is 15.3 Å². The Hall–Kier alpha value is -1.14. The monoisotopic (exact) mass is 265 g/mol. The van der Waals surface area contributed by atoms with Crippen LogP contribution >= 0.6 is 11.8 Å². The normalized spacial score (nSPS) is 22.8. The molecule has 6 heteroatoms. The van der Waals surface area contributed by atoms with Gasteiger partial charge in [0.2, 0.25) is 0 Å². The molecule has 0 aromatic carbocycles. The zero-order valence-electron chi connectivity index (χ0n) is 9.98. The Balaban J connectivity index is 2.05. The highest BCUT2D eigenvalue weighted by Gasteiger charge is 2.26. The van der Waals surface area contributed by atoms with Gasteiger partial charge in [-0.1, -0.05) is 0 Å². The van der Waals surface area contributed by atoms with Crippen LogP contribution in [0.15, 0.2) is 0 Å². The lowest BCUT2D eigenvalue weighted by Crippen LogP contribution is -2.28. The van der Waals surface area contributed by atoms with Crippen molar-refractivity contribution in [1.82, 2.24) is 15.3 Å². The first-order valence-corrected chi connectivity index (χ1v) is 7.26. The maximum atomic E-state index is 11.3. The van der Waals surface area contributed by atoms with E-state index in [-0.39, 0.29) is 10.9 Å². The molecular weight excluding hydrogens is 250 g/mol. The molecule has 0 bridgehead atoms. The van der Waals surface area contributed by atoms with Gasteiger partial charge in [0.05, 0.1) is 10.9 Å². The highest BCUT2D eigenvalue weighted by molar-refractivity contribution is 7.99. The molecule has 3 rings (SSSR count). The Morgan fingerprint density at radius 1 is 1.44 bits per heavy atom. The minimum Gasteiger partial charge on any atom is -0.476 e. The number of hydrogen-bond acceptors (Lipinski definition) is 5. The van der Waals surface area contributed by atoms with E-state index in [9.17, 15) is 9.90 Å². The third kappa shape index (κ3) is 2.10. The lowest BCUT2D eigenvalue weighted by Gasteiger charge is -2.19. The molecule has 0 aliphatic carbocycles. The van der Waals surface area contributed by atoms with Crippen LogP contribution in [-0.4, -0.2) is 33.3 Å². The Morgan fingerprint density at radius 2 is 2.33 bits per heavy atom. The van der Waals surface area contributed by atoms with Crippen molar-refractivity contribution >= 4 is 17.7 Å². The average Bonchev–Trinajstić information content (AvgIpc) is 2.91. The second kappa shape index (κ2) is 4.85. The number of hydrogen-bond donors (Lipinski definition) is 2. The first-order valence-electron chi connectivity index (χ1n) is 6.21. The van der Waals surface area contributed by atoms with Crippen LogP contribution in [0.1, 0.15) is 45.7 Å². The molecule has 2 N–H and O–H groups in total. The third-order valence-electron chi connectivity index (χ3n) is 3.37. The summed E-state index contributed by atoms with van der Waals surface area (Å²) in [6, 6.07) is 0. The van der Waals surface area contributed by atoms with E-state index in [0.29, 0.717) is 6.54 Å². The quantitative estimate of drug-likeness (QED) is 0.841. The predicted octanol–water partition coefficient (Wildman–Crippen LogP) is 1.39. The second-order valence-corrected chi connectivity index (χ2v) is 5.90. The maximum Gasteiger partial charge on any atom is 0.354 e. The van der Waals surface area contributed by atoms with Gasteiger partial charge in [0.15, 0.2) is 5.69 Å². The molecule has 18 heavy (non-hydrogen) atoms. The molecule has 1 aromatic heterocycles. The predicted molar refractivity (Wildman–Crippen MR) is 68.8 cm³/mol. The van der Waals surface area contributed by atoms with Crippen LogP contribution in [0, 0.1) is 0 Å². The largest absolute Gasteiger partial charge is 0.476 e. The first kappa shape index (κ1) is 11.9. The van der Waals surface area contributed by atoms with Crippen LogP contribution in [0.25, 0.3) is 0 Å². The summed E-state index contributed by atoms with van der Waals surface area (Å²) in [5.41, 5.74) is 1.87. The van der Waals surface area contributed by atoms with E-state index in [1.165, 1.54) is 6.42 Å². The lowest BCUT2D eigenvalue weighted by molar-refractivity contribution is 0.0688. The van der Waals surface area contributed by atoms with E-state index in [0.717, 1.165) is 42.2 Å². The molecule has 1 unspecified atom stereocenters. The standard InChI is InChI=1S/C12H15N3O2S/c16-12(17)10-7-6-13-4-3-8(7)14-11(15-10)9-2-1-5-18-9/h9,13H,1-6H2,(H,16,17). The number of carbonyl (C=O) groups is 1. The Labute approximate surface area is 109 Å². The molecule has 0 spiro atoms. The third-order valence-corrected chi connectivity index (χ3v) is 4.74. The summed E-state index contributed by atoms with van der Waals surface area (Å²) in [6.45, 7) is 1.43. The number of carboxylic acids is 1. The Morgan fingerprint density at radius 3 is 3.06 bits per heavy atom. The smallest absolute Gasteiger partial charge is 0.354 e. The highest BCUT2D eigenvalue weighted by Crippen LogP contribution is 2.38. The Bertz CT molecular complexity index is 486. The molecule has 1 fully saturated rings. The van der Waals surface area contributed by atoms with Crippen LogP contribution in [0.4, 0.5) is 0 Å². The molecule has 1 saturated heterocycles. The number of aromatic nitrogens is 2. The molecule has 0 radical (unpaired) electrons. The Kier molecular flexibility index (Phi) is 3.22. The maximum absolute atomic E-state index is 11.3. The van der Waals surface area contributed by atoms with Crippen molar-refractivity contribution in [3.05, 3.63) is 22.8 Å². The van der Waals surface area contributed by atoms with Gasteiger partial charge in [-0.15, -0.1) is 0 Å². The van der Waals surface area contributed by atoms with Crippen molar-refractivity contribution in [1.29, 1.82) is 0 Å². The molecule has 96 valence electrons. The van der Waals surface area contributed by atoms with E-state index < -0.39 is 5.97 Å². The number of rotatable bonds is 2.